The van der Waals surface area contributed by atoms with Crippen LogP contribution in [0.2, 0.25) is 0 Å². The summed E-state index contributed by atoms with van der Waals surface area (Å²) in [5.41, 5.74) is 5.62. The van der Waals surface area contributed by atoms with Crippen molar-refractivity contribution in [3.63, 3.8) is 0 Å². The van der Waals surface area contributed by atoms with E-state index in [9.17, 15) is 9.90 Å². The zero-order valence-corrected chi connectivity index (χ0v) is 19.8. The van der Waals surface area contributed by atoms with Gasteiger partial charge >= 0.3 is 5.97 Å². The lowest BCUT2D eigenvalue weighted by Gasteiger charge is -2.33. The minimum Gasteiger partial charge on any atom is -0.488 e. The minimum absolute atomic E-state index is 0.273. The lowest BCUT2D eigenvalue weighted by molar-refractivity contribution is 0.0697. The van der Waals surface area contributed by atoms with Gasteiger partial charge < -0.3 is 9.84 Å². The number of hydrogen-bond acceptors (Lipinski definition) is 4. The Kier molecular flexibility index (Phi) is 7.07. The van der Waals surface area contributed by atoms with Crippen molar-refractivity contribution in [3.05, 3.63) is 113 Å². The smallest absolute Gasteiger partial charge is 0.335 e. The van der Waals surface area contributed by atoms with Gasteiger partial charge in [0.25, 0.3) is 0 Å². The van der Waals surface area contributed by atoms with Crippen molar-refractivity contribution in [2.45, 2.75) is 6.61 Å². The van der Waals surface area contributed by atoms with Crippen molar-refractivity contribution in [3.8, 4) is 5.75 Å². The molecule has 0 bridgehead atoms. The van der Waals surface area contributed by atoms with Crippen LogP contribution in [0.1, 0.15) is 32.6 Å². The van der Waals surface area contributed by atoms with Gasteiger partial charge in [0.05, 0.1) is 5.56 Å². The van der Waals surface area contributed by atoms with E-state index in [-0.39, 0.29) is 5.56 Å². The van der Waals surface area contributed by atoms with Gasteiger partial charge in [0.15, 0.2) is 0 Å². The standard InChI is InChI=1S/C30H30N2O3/c33-30(34)24-12-13-29-28(21-24)27(26-11-5-4-10-25(26)22-35-29)14-16-32-19-17-31(18-20-32)15-6-9-23-7-2-1-3-8-23/h1-14,21H,15-20,22H2,(H,33,34)/b9-6?,27-14+. The highest BCUT2D eigenvalue weighted by Crippen LogP contribution is 2.37. The molecule has 2 aliphatic heterocycles. The van der Waals surface area contributed by atoms with E-state index in [0.29, 0.717) is 6.61 Å². The van der Waals surface area contributed by atoms with Gasteiger partial charge in [-0.25, -0.2) is 4.79 Å². The molecule has 1 fully saturated rings. The van der Waals surface area contributed by atoms with Crippen LogP contribution in [0.5, 0.6) is 5.75 Å². The summed E-state index contributed by atoms with van der Waals surface area (Å²) >= 11 is 0. The Hall–Kier alpha value is -3.67. The van der Waals surface area contributed by atoms with Gasteiger partial charge in [-0.1, -0.05) is 72.8 Å². The molecule has 0 aliphatic carbocycles. The molecule has 178 valence electrons. The third-order valence-corrected chi connectivity index (χ3v) is 6.70. The molecule has 2 aliphatic rings. The maximum Gasteiger partial charge on any atom is 0.335 e. The third kappa shape index (κ3) is 5.53. The number of fused-ring (bicyclic) bond motifs is 2. The SMILES string of the molecule is O=C(O)c1ccc2c(c1)/C(=C/CN1CCN(CC=Cc3ccccc3)CC1)c1ccccc1CO2. The molecule has 0 atom stereocenters. The number of nitrogens with zero attached hydrogens (tertiary/aromatic N) is 2. The molecule has 0 unspecified atom stereocenters. The molecule has 35 heavy (non-hydrogen) atoms. The summed E-state index contributed by atoms with van der Waals surface area (Å²) in [5, 5.41) is 9.55. The Bertz CT molecular complexity index is 1240. The van der Waals surface area contributed by atoms with E-state index >= 15 is 0 Å². The third-order valence-electron chi connectivity index (χ3n) is 6.70. The Balaban J connectivity index is 1.29. The molecule has 0 spiro atoms. The molecular formula is C30H30N2O3. The zero-order chi connectivity index (χ0) is 24.0. The number of carboxylic acid groups (broad SMARTS) is 1. The predicted octanol–water partition coefficient (Wildman–Crippen LogP) is 5.04. The summed E-state index contributed by atoms with van der Waals surface area (Å²) in [6.45, 7) is 6.31. The number of carboxylic acids is 1. The van der Waals surface area contributed by atoms with Gasteiger partial charge in [0, 0.05) is 44.8 Å². The molecule has 5 rings (SSSR count). The fourth-order valence-electron chi connectivity index (χ4n) is 4.71. The van der Waals surface area contributed by atoms with Crippen molar-refractivity contribution in [1.29, 1.82) is 0 Å². The molecule has 3 aromatic carbocycles. The Morgan fingerprint density at radius 1 is 0.857 bits per heavy atom. The van der Waals surface area contributed by atoms with Gasteiger partial charge in [-0.2, -0.15) is 0 Å². The van der Waals surface area contributed by atoms with E-state index in [1.54, 1.807) is 18.2 Å². The van der Waals surface area contributed by atoms with Crippen LogP contribution in [-0.2, 0) is 6.61 Å². The molecule has 5 nitrogen and oxygen atoms in total. The lowest BCUT2D eigenvalue weighted by atomic mass is 9.93. The lowest BCUT2D eigenvalue weighted by Crippen LogP contribution is -2.46. The van der Waals surface area contributed by atoms with Crippen molar-refractivity contribution in [2.24, 2.45) is 0 Å². The molecule has 0 saturated carbocycles. The van der Waals surface area contributed by atoms with E-state index in [0.717, 1.165) is 67.3 Å². The molecule has 5 heteroatoms. The van der Waals surface area contributed by atoms with E-state index in [2.05, 4.69) is 64.4 Å². The number of ether oxygens (including phenoxy) is 1. The van der Waals surface area contributed by atoms with Crippen LogP contribution in [0.3, 0.4) is 0 Å². The van der Waals surface area contributed by atoms with Gasteiger partial charge in [-0.05, 0) is 40.5 Å². The molecular weight excluding hydrogens is 436 g/mol. The molecule has 0 aromatic heterocycles. The fourth-order valence-corrected chi connectivity index (χ4v) is 4.71. The number of hydrogen-bond donors (Lipinski definition) is 1. The van der Waals surface area contributed by atoms with Crippen molar-refractivity contribution < 1.29 is 14.6 Å². The largest absolute Gasteiger partial charge is 0.488 e. The molecule has 2 heterocycles. The first-order valence-electron chi connectivity index (χ1n) is 12.1. The van der Waals surface area contributed by atoms with E-state index in [4.69, 9.17) is 4.74 Å². The average molecular weight is 467 g/mol. The first-order chi connectivity index (χ1) is 17.2. The van der Waals surface area contributed by atoms with Crippen LogP contribution in [0.4, 0.5) is 0 Å². The number of piperazine rings is 1. The van der Waals surface area contributed by atoms with E-state index < -0.39 is 5.97 Å². The van der Waals surface area contributed by atoms with Gasteiger partial charge in [-0.3, -0.25) is 9.80 Å². The second-order valence-corrected chi connectivity index (χ2v) is 8.99. The Morgan fingerprint density at radius 3 is 2.34 bits per heavy atom. The molecule has 0 radical (unpaired) electrons. The molecule has 1 N–H and O–H groups in total. The maximum absolute atomic E-state index is 11.6. The second kappa shape index (κ2) is 10.7. The number of carbonyl (C=O) groups is 1. The van der Waals surface area contributed by atoms with Crippen LogP contribution in [0, 0.1) is 0 Å². The van der Waals surface area contributed by atoms with Crippen LogP contribution in [-0.4, -0.2) is 60.1 Å². The quantitative estimate of drug-likeness (QED) is 0.552. The average Bonchev–Trinajstić information content (AvgIpc) is 3.05. The summed E-state index contributed by atoms with van der Waals surface area (Å²) < 4.78 is 6.05. The molecule has 3 aromatic rings. The number of aromatic carboxylic acids is 1. The summed E-state index contributed by atoms with van der Waals surface area (Å²) in [7, 11) is 0. The van der Waals surface area contributed by atoms with Crippen molar-refractivity contribution >= 4 is 17.6 Å². The highest BCUT2D eigenvalue weighted by Gasteiger charge is 2.21. The van der Waals surface area contributed by atoms with Crippen LogP contribution >= 0.6 is 0 Å². The highest BCUT2D eigenvalue weighted by molar-refractivity contribution is 5.92. The monoisotopic (exact) mass is 466 g/mol. The molecule has 0 amide bonds. The number of rotatable bonds is 6. The Morgan fingerprint density at radius 2 is 1.57 bits per heavy atom. The van der Waals surface area contributed by atoms with Gasteiger partial charge in [0.1, 0.15) is 12.4 Å². The van der Waals surface area contributed by atoms with Crippen molar-refractivity contribution in [2.75, 3.05) is 39.3 Å². The fraction of sp³-hybridized carbons (Fsp3) is 0.233. The Labute approximate surface area is 206 Å². The second-order valence-electron chi connectivity index (χ2n) is 8.99. The molecule has 1 saturated heterocycles. The van der Waals surface area contributed by atoms with Gasteiger partial charge in [0.2, 0.25) is 0 Å². The predicted molar refractivity (Wildman–Crippen MR) is 140 cm³/mol. The highest BCUT2D eigenvalue weighted by atomic mass is 16.5. The summed E-state index contributed by atoms with van der Waals surface area (Å²) in [6.07, 6.45) is 6.67. The zero-order valence-electron chi connectivity index (χ0n) is 19.8. The first-order valence-corrected chi connectivity index (χ1v) is 12.1. The summed E-state index contributed by atoms with van der Waals surface area (Å²) in [5.74, 6) is -0.199. The first kappa shape index (κ1) is 23.1. The minimum atomic E-state index is -0.929. The van der Waals surface area contributed by atoms with Crippen molar-refractivity contribution in [1.82, 2.24) is 9.80 Å². The number of benzene rings is 3. The van der Waals surface area contributed by atoms with Crippen LogP contribution in [0.15, 0.2) is 84.9 Å². The summed E-state index contributed by atoms with van der Waals surface area (Å²) in [6, 6.07) is 23.8. The normalized spacial score (nSPS) is 17.5. The van der Waals surface area contributed by atoms with E-state index in [1.165, 1.54) is 5.56 Å². The topological polar surface area (TPSA) is 53.0 Å². The maximum atomic E-state index is 11.6. The van der Waals surface area contributed by atoms with Crippen LogP contribution < -0.4 is 4.74 Å². The van der Waals surface area contributed by atoms with E-state index in [1.807, 2.05) is 18.2 Å². The summed E-state index contributed by atoms with van der Waals surface area (Å²) in [4.78, 5) is 16.6. The van der Waals surface area contributed by atoms with Gasteiger partial charge in [-0.15, -0.1) is 0 Å². The van der Waals surface area contributed by atoms with Crippen LogP contribution in [0.25, 0.3) is 11.6 Å².